The summed E-state index contributed by atoms with van der Waals surface area (Å²) in [6, 6.07) is 3.79. The van der Waals surface area contributed by atoms with Crippen molar-refractivity contribution in [2.75, 3.05) is 18.0 Å². The molecule has 0 saturated carbocycles. The van der Waals surface area contributed by atoms with Crippen LogP contribution in [0.25, 0.3) is 0 Å². The number of halogens is 1. The summed E-state index contributed by atoms with van der Waals surface area (Å²) < 4.78 is 0. The van der Waals surface area contributed by atoms with Crippen molar-refractivity contribution in [2.24, 2.45) is 0 Å². The van der Waals surface area contributed by atoms with E-state index in [0.29, 0.717) is 12.1 Å². The molecule has 0 aliphatic carbocycles. The third-order valence-corrected chi connectivity index (χ3v) is 2.22. The van der Waals surface area contributed by atoms with E-state index in [9.17, 15) is 4.79 Å². The van der Waals surface area contributed by atoms with Gasteiger partial charge in [0.05, 0.1) is 17.7 Å². The number of nitrogens with zero attached hydrogens (tertiary/aromatic N) is 5. The molecule has 1 aromatic heterocycles. The van der Waals surface area contributed by atoms with Gasteiger partial charge in [-0.25, -0.2) is 9.97 Å². The number of carbonyl (C=O) groups is 1. The molecule has 0 saturated heterocycles. The van der Waals surface area contributed by atoms with Crippen molar-refractivity contribution < 1.29 is 4.79 Å². The van der Waals surface area contributed by atoms with Crippen molar-refractivity contribution in [3.63, 3.8) is 0 Å². The maximum Gasteiger partial charge on any atom is 0.156 e. The highest BCUT2D eigenvalue weighted by atomic mass is 35.5. The molecule has 1 aromatic rings. The highest BCUT2D eigenvalue weighted by Crippen LogP contribution is 2.22. The topological polar surface area (TPSA) is 93.7 Å². The summed E-state index contributed by atoms with van der Waals surface area (Å²) in [4.78, 5) is 20.2. The SMILES string of the molecule is Cc1nc(Cl)c(C=O)c(N(CC#N)CC#N)n1. The van der Waals surface area contributed by atoms with Crippen LogP contribution in [0.15, 0.2) is 0 Å². The molecule has 0 unspecified atom stereocenters. The van der Waals surface area contributed by atoms with Gasteiger partial charge in [-0.05, 0) is 6.92 Å². The molecule has 0 radical (unpaired) electrons. The lowest BCUT2D eigenvalue weighted by molar-refractivity contribution is 0.112. The van der Waals surface area contributed by atoms with Gasteiger partial charge in [-0.2, -0.15) is 10.5 Å². The molecular weight excluding hydrogens is 242 g/mol. The first-order chi connectivity index (χ1) is 8.13. The average molecular weight is 250 g/mol. The molecule has 0 amide bonds. The Morgan fingerprint density at radius 1 is 1.35 bits per heavy atom. The second kappa shape index (κ2) is 5.78. The predicted molar refractivity (Wildman–Crippen MR) is 60.6 cm³/mol. The molecule has 0 spiro atoms. The summed E-state index contributed by atoms with van der Waals surface area (Å²) in [5, 5.41) is 17.3. The lowest BCUT2D eigenvalue weighted by atomic mass is 10.3. The van der Waals surface area contributed by atoms with Crippen molar-refractivity contribution in [3.8, 4) is 12.1 Å². The number of rotatable bonds is 4. The van der Waals surface area contributed by atoms with Crippen LogP contribution >= 0.6 is 11.6 Å². The molecule has 17 heavy (non-hydrogen) atoms. The fourth-order valence-electron chi connectivity index (χ4n) is 1.25. The minimum atomic E-state index is -0.0544. The van der Waals surface area contributed by atoms with Crippen molar-refractivity contribution in [1.29, 1.82) is 10.5 Å². The van der Waals surface area contributed by atoms with Crippen LogP contribution in [-0.4, -0.2) is 29.3 Å². The zero-order valence-corrected chi connectivity index (χ0v) is 9.77. The Labute approximate surface area is 103 Å². The molecule has 0 bridgehead atoms. The normalized spacial score (nSPS) is 9.18. The quantitative estimate of drug-likeness (QED) is 0.451. The first-order valence-corrected chi connectivity index (χ1v) is 5.00. The van der Waals surface area contributed by atoms with Gasteiger partial charge < -0.3 is 4.90 Å². The summed E-state index contributed by atoms with van der Waals surface area (Å²) in [5.41, 5.74) is 0.0859. The second-order valence-corrected chi connectivity index (χ2v) is 3.45. The summed E-state index contributed by atoms with van der Waals surface area (Å²) in [7, 11) is 0. The minimum absolute atomic E-state index is 0.0170. The van der Waals surface area contributed by atoms with Crippen LogP contribution in [-0.2, 0) is 0 Å². The molecule has 7 heteroatoms. The van der Waals surface area contributed by atoms with E-state index in [2.05, 4.69) is 9.97 Å². The number of carbonyl (C=O) groups excluding carboxylic acids is 1. The maximum atomic E-state index is 10.9. The molecule has 1 rings (SSSR count). The van der Waals surface area contributed by atoms with Gasteiger partial charge in [0.15, 0.2) is 6.29 Å². The first kappa shape index (κ1) is 12.9. The van der Waals surface area contributed by atoms with E-state index >= 15 is 0 Å². The maximum absolute atomic E-state index is 10.9. The van der Waals surface area contributed by atoms with E-state index in [4.69, 9.17) is 22.1 Å². The van der Waals surface area contributed by atoms with Crippen LogP contribution in [0, 0.1) is 29.6 Å². The van der Waals surface area contributed by atoms with Gasteiger partial charge in [-0.3, -0.25) is 4.79 Å². The average Bonchev–Trinajstić information content (AvgIpc) is 2.28. The fraction of sp³-hybridized carbons (Fsp3) is 0.300. The molecule has 0 aliphatic heterocycles. The Bertz CT molecular complexity index is 501. The van der Waals surface area contributed by atoms with Gasteiger partial charge in [0.2, 0.25) is 0 Å². The van der Waals surface area contributed by atoms with Gasteiger partial charge in [-0.1, -0.05) is 11.6 Å². The van der Waals surface area contributed by atoms with Crippen LogP contribution < -0.4 is 4.90 Å². The van der Waals surface area contributed by atoms with Crippen LogP contribution in [0.5, 0.6) is 0 Å². The summed E-state index contributed by atoms with van der Waals surface area (Å²) in [6.45, 7) is 1.50. The molecule has 0 fully saturated rings. The number of aldehydes is 1. The number of aryl methyl sites for hydroxylation is 1. The zero-order valence-electron chi connectivity index (χ0n) is 9.01. The van der Waals surface area contributed by atoms with Crippen molar-refractivity contribution in [2.45, 2.75) is 6.92 Å². The highest BCUT2D eigenvalue weighted by Gasteiger charge is 2.17. The van der Waals surface area contributed by atoms with E-state index < -0.39 is 0 Å². The van der Waals surface area contributed by atoms with Crippen LogP contribution in [0.1, 0.15) is 16.2 Å². The molecule has 1 heterocycles. The molecule has 6 nitrogen and oxygen atoms in total. The van der Waals surface area contributed by atoms with Crippen LogP contribution in [0.3, 0.4) is 0 Å². The van der Waals surface area contributed by atoms with E-state index in [1.165, 1.54) is 4.90 Å². The summed E-state index contributed by atoms with van der Waals surface area (Å²) in [6.07, 6.45) is 0.513. The summed E-state index contributed by atoms with van der Waals surface area (Å²) >= 11 is 5.80. The second-order valence-electron chi connectivity index (χ2n) is 3.09. The first-order valence-electron chi connectivity index (χ1n) is 4.62. The zero-order chi connectivity index (χ0) is 12.8. The van der Waals surface area contributed by atoms with E-state index in [0.717, 1.165) is 0 Å². The number of aromatic nitrogens is 2. The Kier molecular flexibility index (Phi) is 4.38. The lowest BCUT2D eigenvalue weighted by Gasteiger charge is -2.19. The largest absolute Gasteiger partial charge is 0.329 e. The van der Waals surface area contributed by atoms with Crippen molar-refractivity contribution >= 4 is 23.7 Å². The Hall–Kier alpha value is -2.18. The highest BCUT2D eigenvalue weighted by molar-refractivity contribution is 6.32. The van der Waals surface area contributed by atoms with Crippen LogP contribution in [0.2, 0.25) is 5.15 Å². The Balaban J connectivity index is 3.31. The number of anilines is 1. The number of hydrogen-bond acceptors (Lipinski definition) is 6. The minimum Gasteiger partial charge on any atom is -0.329 e. The smallest absolute Gasteiger partial charge is 0.156 e. The Morgan fingerprint density at radius 3 is 2.41 bits per heavy atom. The Morgan fingerprint density at radius 2 is 1.94 bits per heavy atom. The van der Waals surface area contributed by atoms with E-state index in [1.54, 1.807) is 6.92 Å². The predicted octanol–water partition coefficient (Wildman–Crippen LogP) is 1.10. The third kappa shape index (κ3) is 2.90. The third-order valence-electron chi connectivity index (χ3n) is 1.93. The molecule has 0 N–H and O–H groups in total. The van der Waals surface area contributed by atoms with Gasteiger partial charge in [0, 0.05) is 0 Å². The number of nitriles is 2. The monoisotopic (exact) mass is 249 g/mol. The molecular formula is C10H8ClN5O. The molecule has 0 aromatic carbocycles. The standard InChI is InChI=1S/C10H8ClN5O/c1-7-14-9(11)8(6-17)10(15-7)16(4-2-12)5-3-13/h6H,4-5H2,1H3. The number of hydrogen-bond donors (Lipinski definition) is 0. The van der Waals surface area contributed by atoms with E-state index in [1.807, 2.05) is 12.1 Å². The summed E-state index contributed by atoms with van der Waals surface area (Å²) in [5.74, 6) is 0.581. The fourth-order valence-corrected chi connectivity index (χ4v) is 1.50. The van der Waals surface area contributed by atoms with Gasteiger partial charge in [-0.15, -0.1) is 0 Å². The van der Waals surface area contributed by atoms with Gasteiger partial charge in [0.25, 0.3) is 0 Å². The van der Waals surface area contributed by atoms with Gasteiger partial charge in [0.1, 0.15) is 29.9 Å². The van der Waals surface area contributed by atoms with Gasteiger partial charge >= 0.3 is 0 Å². The van der Waals surface area contributed by atoms with Crippen molar-refractivity contribution in [1.82, 2.24) is 9.97 Å². The van der Waals surface area contributed by atoms with Crippen molar-refractivity contribution in [3.05, 3.63) is 16.5 Å². The molecule has 0 atom stereocenters. The van der Waals surface area contributed by atoms with E-state index in [-0.39, 0.29) is 29.6 Å². The molecule has 0 aliphatic rings. The lowest BCUT2D eigenvalue weighted by Crippen LogP contribution is -2.26. The van der Waals surface area contributed by atoms with Crippen LogP contribution in [0.4, 0.5) is 5.82 Å². The molecule has 86 valence electrons.